The molecule has 0 bridgehead atoms. The van der Waals surface area contributed by atoms with Gasteiger partial charge in [0.25, 0.3) is 0 Å². The van der Waals surface area contributed by atoms with Gasteiger partial charge in [-0.05, 0) is 43.0 Å². The molecule has 3 aromatic rings. The first-order valence-corrected chi connectivity index (χ1v) is 11.2. The van der Waals surface area contributed by atoms with Crippen molar-refractivity contribution in [3.63, 3.8) is 0 Å². The largest absolute Gasteiger partial charge is 0.342 e. The lowest BCUT2D eigenvalue weighted by molar-refractivity contribution is -0.139. The maximum atomic E-state index is 13.2. The Hall–Kier alpha value is -3.29. The van der Waals surface area contributed by atoms with Crippen LogP contribution in [0.3, 0.4) is 0 Å². The molecule has 2 unspecified atom stereocenters. The molecule has 2 aromatic heterocycles. The number of carbonyl (C=O) groups excluding carboxylic acids is 2. The van der Waals surface area contributed by atoms with Crippen molar-refractivity contribution in [1.29, 1.82) is 0 Å². The Balaban J connectivity index is 1.19. The first-order chi connectivity index (χ1) is 15.6. The lowest BCUT2D eigenvalue weighted by atomic mass is 9.96. The first kappa shape index (κ1) is 20.6. The molecule has 2 fully saturated rings. The van der Waals surface area contributed by atoms with E-state index in [0.29, 0.717) is 26.2 Å². The number of nitrogens with one attached hydrogen (secondary N) is 1. The minimum Gasteiger partial charge on any atom is -0.342 e. The van der Waals surface area contributed by atoms with Gasteiger partial charge in [-0.2, -0.15) is 0 Å². The van der Waals surface area contributed by atoms with E-state index >= 15 is 0 Å². The van der Waals surface area contributed by atoms with E-state index < -0.39 is 0 Å². The number of pyridine rings is 1. The number of benzene rings is 1. The van der Waals surface area contributed by atoms with Crippen molar-refractivity contribution in [1.82, 2.24) is 24.8 Å². The van der Waals surface area contributed by atoms with Gasteiger partial charge in [-0.1, -0.05) is 12.1 Å². The van der Waals surface area contributed by atoms with Crippen molar-refractivity contribution in [2.45, 2.75) is 31.6 Å². The second-order valence-corrected chi connectivity index (χ2v) is 8.77. The van der Waals surface area contributed by atoms with Crippen LogP contribution in [0.1, 0.15) is 36.6 Å². The molecule has 0 radical (unpaired) electrons. The van der Waals surface area contributed by atoms with Gasteiger partial charge in [0.2, 0.25) is 11.8 Å². The van der Waals surface area contributed by atoms with Crippen molar-refractivity contribution < 1.29 is 14.0 Å². The third-order valence-corrected chi connectivity index (χ3v) is 6.58. The summed E-state index contributed by atoms with van der Waals surface area (Å²) in [5.74, 6) is 0.732. The Kier molecular flexibility index (Phi) is 5.59. The van der Waals surface area contributed by atoms with Crippen LogP contribution in [0.15, 0.2) is 42.7 Å². The predicted molar refractivity (Wildman–Crippen MR) is 117 cm³/mol. The normalized spacial score (nSPS) is 21.3. The highest BCUT2D eigenvalue weighted by Gasteiger charge is 2.35. The maximum Gasteiger partial charge on any atom is 0.227 e. The van der Waals surface area contributed by atoms with Gasteiger partial charge >= 0.3 is 0 Å². The zero-order chi connectivity index (χ0) is 22.1. The van der Waals surface area contributed by atoms with E-state index in [1.165, 1.54) is 12.1 Å². The Morgan fingerprint density at radius 2 is 1.91 bits per heavy atom. The highest BCUT2D eigenvalue weighted by molar-refractivity contribution is 5.82. The SMILES string of the molecule is O=C(Cc1ccc(F)cc1)N1CCCC(C(=O)N2CCC(c3nc4ccncc4[nH]3)C2)C1. The molecule has 1 aromatic carbocycles. The van der Waals surface area contributed by atoms with Gasteiger partial charge in [-0.25, -0.2) is 9.37 Å². The van der Waals surface area contributed by atoms with Crippen LogP contribution in [-0.4, -0.2) is 62.7 Å². The number of imidazole rings is 1. The summed E-state index contributed by atoms with van der Waals surface area (Å²) < 4.78 is 13.1. The van der Waals surface area contributed by atoms with Crippen molar-refractivity contribution in [2.24, 2.45) is 5.92 Å². The van der Waals surface area contributed by atoms with Gasteiger partial charge in [-0.15, -0.1) is 0 Å². The highest BCUT2D eigenvalue weighted by atomic mass is 19.1. The van der Waals surface area contributed by atoms with Crippen molar-refractivity contribution in [3.05, 3.63) is 59.9 Å². The number of amides is 2. The van der Waals surface area contributed by atoms with E-state index in [2.05, 4.69) is 15.0 Å². The predicted octanol–water partition coefficient (Wildman–Crippen LogP) is 2.89. The summed E-state index contributed by atoms with van der Waals surface area (Å²) in [6.07, 6.45) is 6.22. The minimum absolute atomic E-state index is 0.00992. The van der Waals surface area contributed by atoms with Gasteiger partial charge in [0.1, 0.15) is 11.6 Å². The molecule has 7 nitrogen and oxygen atoms in total. The number of halogens is 1. The zero-order valence-corrected chi connectivity index (χ0v) is 17.8. The van der Waals surface area contributed by atoms with Gasteiger partial charge in [0.15, 0.2) is 0 Å². The third-order valence-electron chi connectivity index (χ3n) is 6.58. The number of hydrogen-bond acceptors (Lipinski definition) is 4. The fraction of sp³-hybridized carbons (Fsp3) is 0.417. The van der Waals surface area contributed by atoms with Crippen LogP contribution in [0.2, 0.25) is 0 Å². The average molecular weight is 436 g/mol. The number of aromatic amines is 1. The quantitative estimate of drug-likeness (QED) is 0.683. The number of piperidine rings is 1. The van der Waals surface area contributed by atoms with Crippen molar-refractivity contribution in [3.8, 4) is 0 Å². The molecular weight excluding hydrogens is 409 g/mol. The minimum atomic E-state index is -0.312. The molecule has 0 aliphatic carbocycles. The second kappa shape index (κ2) is 8.68. The smallest absolute Gasteiger partial charge is 0.227 e. The number of H-pyrrole nitrogens is 1. The van der Waals surface area contributed by atoms with Crippen molar-refractivity contribution >= 4 is 22.8 Å². The molecule has 5 rings (SSSR count). The Bertz CT molecular complexity index is 1100. The number of aromatic nitrogens is 3. The van der Waals surface area contributed by atoms with E-state index in [-0.39, 0.29) is 35.9 Å². The summed E-state index contributed by atoms with van der Waals surface area (Å²) in [6.45, 7) is 2.47. The van der Waals surface area contributed by atoms with Crippen LogP contribution in [0.4, 0.5) is 4.39 Å². The van der Waals surface area contributed by atoms with Gasteiger partial charge in [0.05, 0.1) is 29.6 Å². The van der Waals surface area contributed by atoms with Crippen LogP contribution < -0.4 is 0 Å². The van der Waals surface area contributed by atoms with Gasteiger partial charge < -0.3 is 14.8 Å². The van der Waals surface area contributed by atoms with Crippen LogP contribution in [0.25, 0.3) is 11.0 Å². The Morgan fingerprint density at radius 3 is 2.72 bits per heavy atom. The van der Waals surface area contributed by atoms with Crippen LogP contribution in [-0.2, 0) is 16.0 Å². The third kappa shape index (κ3) is 4.22. The molecule has 0 saturated carbocycles. The lowest BCUT2D eigenvalue weighted by Gasteiger charge is -2.34. The highest BCUT2D eigenvalue weighted by Crippen LogP contribution is 2.29. The molecule has 2 aliphatic heterocycles. The maximum absolute atomic E-state index is 13.2. The fourth-order valence-electron chi connectivity index (χ4n) is 4.81. The van der Waals surface area contributed by atoms with Crippen molar-refractivity contribution in [2.75, 3.05) is 26.2 Å². The summed E-state index contributed by atoms with van der Waals surface area (Å²) in [5.41, 5.74) is 2.59. The van der Waals surface area contributed by atoms with E-state index in [9.17, 15) is 14.0 Å². The molecule has 4 heterocycles. The Labute approximate surface area is 185 Å². The molecule has 2 atom stereocenters. The van der Waals surface area contributed by atoms with Crippen LogP contribution in [0.5, 0.6) is 0 Å². The molecule has 2 saturated heterocycles. The number of likely N-dealkylation sites (tertiary alicyclic amines) is 2. The molecule has 0 spiro atoms. The number of fused-ring (bicyclic) bond motifs is 1. The standard InChI is InChI=1S/C24H26FN5O2/c25-19-5-3-16(4-6-19)12-22(31)29-10-1-2-18(15-29)24(32)30-11-8-17(14-30)23-27-20-7-9-26-13-21(20)28-23/h3-7,9,13,17-18H,1-2,8,10-12,14-15H2,(H,27,28). The summed E-state index contributed by atoms with van der Waals surface area (Å²) in [6, 6.07) is 7.89. The zero-order valence-electron chi connectivity index (χ0n) is 17.8. The van der Waals surface area contributed by atoms with Crippen LogP contribution in [0, 0.1) is 11.7 Å². The van der Waals surface area contributed by atoms with Crippen LogP contribution >= 0.6 is 0 Å². The van der Waals surface area contributed by atoms with E-state index in [4.69, 9.17) is 0 Å². The van der Waals surface area contributed by atoms with E-state index in [1.54, 1.807) is 29.4 Å². The molecular formula is C24H26FN5O2. The summed E-state index contributed by atoms with van der Waals surface area (Å²) >= 11 is 0. The lowest BCUT2D eigenvalue weighted by Crippen LogP contribution is -2.46. The molecule has 8 heteroatoms. The number of hydrogen-bond donors (Lipinski definition) is 1. The summed E-state index contributed by atoms with van der Waals surface area (Å²) in [7, 11) is 0. The average Bonchev–Trinajstić information content (AvgIpc) is 3.47. The van der Waals surface area contributed by atoms with E-state index in [0.717, 1.165) is 41.7 Å². The first-order valence-electron chi connectivity index (χ1n) is 11.2. The number of rotatable bonds is 4. The molecule has 166 valence electrons. The Morgan fingerprint density at radius 1 is 1.06 bits per heavy atom. The molecule has 2 aliphatic rings. The van der Waals surface area contributed by atoms with E-state index in [1.807, 2.05) is 11.0 Å². The second-order valence-electron chi connectivity index (χ2n) is 8.77. The molecule has 1 N–H and O–H groups in total. The fourth-order valence-corrected chi connectivity index (χ4v) is 4.81. The molecule has 2 amide bonds. The topological polar surface area (TPSA) is 82.2 Å². The number of nitrogens with zero attached hydrogens (tertiary/aromatic N) is 4. The van der Waals surface area contributed by atoms with Gasteiger partial charge in [-0.3, -0.25) is 14.6 Å². The summed E-state index contributed by atoms with van der Waals surface area (Å²) in [5, 5.41) is 0. The monoisotopic (exact) mass is 435 g/mol. The molecule has 32 heavy (non-hydrogen) atoms. The summed E-state index contributed by atoms with van der Waals surface area (Å²) in [4.78, 5) is 41.8. The number of carbonyl (C=O) groups is 2. The van der Waals surface area contributed by atoms with Gasteiger partial charge in [0, 0.05) is 38.3 Å².